The molecule has 0 amide bonds. The maximum absolute atomic E-state index is 5.71. The predicted octanol–water partition coefficient (Wildman–Crippen LogP) is 5.01. The Morgan fingerprint density at radius 2 is 1.74 bits per heavy atom. The summed E-state index contributed by atoms with van der Waals surface area (Å²) in [7, 11) is 0. The number of hydrogen-bond acceptors (Lipinski definition) is 2. The zero-order chi connectivity index (χ0) is 13.6. The standard InChI is InChI=1S/C16H27BrO2/c17-13-9-6-4-2-1-3-5-7-10-14-18-16-12-8-11-15-19-16/h16H,1-8,10-12,14-15H2. The molecule has 2 nitrogen and oxygen atoms in total. The number of ether oxygens (including phenoxy) is 2. The summed E-state index contributed by atoms with van der Waals surface area (Å²) >= 11 is 3.11. The van der Waals surface area contributed by atoms with Gasteiger partial charge in [0.15, 0.2) is 6.29 Å². The molecule has 1 rings (SSSR count). The summed E-state index contributed by atoms with van der Waals surface area (Å²) in [5.41, 5.74) is 0. The molecule has 1 heterocycles. The molecular weight excluding hydrogens is 304 g/mol. The minimum atomic E-state index is 0.0873. The van der Waals surface area contributed by atoms with Gasteiger partial charge < -0.3 is 9.47 Å². The Labute approximate surface area is 126 Å². The van der Waals surface area contributed by atoms with Crippen molar-refractivity contribution in [1.29, 1.82) is 0 Å². The van der Waals surface area contributed by atoms with Gasteiger partial charge in [0.05, 0.1) is 0 Å². The van der Waals surface area contributed by atoms with Gasteiger partial charge in [-0.25, -0.2) is 0 Å². The lowest BCUT2D eigenvalue weighted by atomic mass is 10.1. The Morgan fingerprint density at radius 3 is 2.42 bits per heavy atom. The average molecular weight is 331 g/mol. The third kappa shape index (κ3) is 10.4. The Morgan fingerprint density at radius 1 is 1.00 bits per heavy atom. The topological polar surface area (TPSA) is 18.5 Å². The van der Waals surface area contributed by atoms with Gasteiger partial charge in [-0.05, 0) is 36.9 Å². The van der Waals surface area contributed by atoms with Crippen LogP contribution in [0.5, 0.6) is 0 Å². The van der Waals surface area contributed by atoms with E-state index in [9.17, 15) is 0 Å². The van der Waals surface area contributed by atoms with E-state index in [1.807, 2.05) is 0 Å². The lowest BCUT2D eigenvalue weighted by Gasteiger charge is -2.22. The van der Waals surface area contributed by atoms with Crippen molar-refractivity contribution in [2.45, 2.75) is 76.9 Å². The van der Waals surface area contributed by atoms with Crippen LogP contribution in [-0.4, -0.2) is 19.5 Å². The maximum atomic E-state index is 5.71. The molecule has 1 aliphatic rings. The number of hydrogen-bond donors (Lipinski definition) is 0. The normalized spacial score (nSPS) is 18.9. The van der Waals surface area contributed by atoms with Crippen molar-refractivity contribution in [2.75, 3.05) is 13.2 Å². The largest absolute Gasteiger partial charge is 0.353 e. The second-order valence-electron chi connectivity index (χ2n) is 5.16. The second kappa shape index (κ2) is 13.0. The van der Waals surface area contributed by atoms with Gasteiger partial charge in [0, 0.05) is 35.6 Å². The number of halogens is 1. The highest BCUT2D eigenvalue weighted by Gasteiger charge is 2.13. The molecule has 1 unspecified atom stereocenters. The lowest BCUT2D eigenvalue weighted by molar-refractivity contribution is -0.162. The zero-order valence-corrected chi connectivity index (χ0v) is 13.6. The van der Waals surface area contributed by atoms with Crippen LogP contribution in [0.2, 0.25) is 0 Å². The SMILES string of the molecule is BrC#CCCCCCCCCCOC1CCCCO1. The van der Waals surface area contributed by atoms with E-state index >= 15 is 0 Å². The third-order valence-corrected chi connectivity index (χ3v) is 3.73. The molecule has 0 saturated carbocycles. The van der Waals surface area contributed by atoms with Gasteiger partial charge in [-0.1, -0.05) is 38.0 Å². The molecule has 19 heavy (non-hydrogen) atoms. The van der Waals surface area contributed by atoms with E-state index in [2.05, 4.69) is 26.7 Å². The maximum Gasteiger partial charge on any atom is 0.157 e. The first-order chi connectivity index (χ1) is 9.43. The van der Waals surface area contributed by atoms with Gasteiger partial charge in [0.1, 0.15) is 0 Å². The molecule has 0 radical (unpaired) electrons. The van der Waals surface area contributed by atoms with Crippen molar-refractivity contribution in [2.24, 2.45) is 0 Å². The fourth-order valence-electron chi connectivity index (χ4n) is 2.30. The van der Waals surface area contributed by atoms with E-state index < -0.39 is 0 Å². The Balaban J connectivity index is 1.74. The lowest BCUT2D eigenvalue weighted by Crippen LogP contribution is -2.22. The molecule has 1 aliphatic heterocycles. The summed E-state index contributed by atoms with van der Waals surface area (Å²) in [6.07, 6.45) is 13.7. The van der Waals surface area contributed by atoms with Crippen LogP contribution < -0.4 is 0 Å². The third-order valence-electron chi connectivity index (χ3n) is 3.45. The smallest absolute Gasteiger partial charge is 0.157 e. The average Bonchev–Trinajstić information content (AvgIpc) is 2.46. The van der Waals surface area contributed by atoms with Gasteiger partial charge in [-0.3, -0.25) is 0 Å². The van der Waals surface area contributed by atoms with E-state index in [4.69, 9.17) is 9.47 Å². The van der Waals surface area contributed by atoms with Crippen LogP contribution in [-0.2, 0) is 9.47 Å². The van der Waals surface area contributed by atoms with E-state index in [1.165, 1.54) is 57.8 Å². The first kappa shape index (κ1) is 17.0. The Bertz CT molecular complexity index is 251. The van der Waals surface area contributed by atoms with E-state index in [0.29, 0.717) is 0 Å². The van der Waals surface area contributed by atoms with Crippen LogP contribution in [0, 0.1) is 10.8 Å². The summed E-state index contributed by atoms with van der Waals surface area (Å²) in [5, 5.41) is 0. The van der Waals surface area contributed by atoms with Crippen molar-refractivity contribution in [3.05, 3.63) is 0 Å². The van der Waals surface area contributed by atoms with Crippen molar-refractivity contribution in [1.82, 2.24) is 0 Å². The van der Waals surface area contributed by atoms with Gasteiger partial charge in [0.25, 0.3) is 0 Å². The van der Waals surface area contributed by atoms with Crippen LogP contribution >= 0.6 is 15.9 Å². The Kier molecular flexibility index (Phi) is 11.6. The highest BCUT2D eigenvalue weighted by molar-refractivity contribution is 9.12. The molecule has 110 valence electrons. The zero-order valence-electron chi connectivity index (χ0n) is 12.0. The molecule has 1 atom stereocenters. The van der Waals surface area contributed by atoms with Crippen molar-refractivity contribution >= 4 is 15.9 Å². The Hall–Kier alpha value is -0.0400. The van der Waals surface area contributed by atoms with Crippen LogP contribution in [0.1, 0.15) is 70.6 Å². The quantitative estimate of drug-likeness (QED) is 0.414. The summed E-state index contributed by atoms with van der Waals surface area (Å²) in [5.74, 6) is 3.04. The fraction of sp³-hybridized carbons (Fsp3) is 0.875. The highest BCUT2D eigenvalue weighted by Crippen LogP contribution is 2.14. The predicted molar refractivity (Wildman–Crippen MR) is 83.2 cm³/mol. The molecule has 0 aromatic carbocycles. The monoisotopic (exact) mass is 330 g/mol. The fourth-order valence-corrected chi connectivity index (χ4v) is 2.50. The van der Waals surface area contributed by atoms with E-state index in [0.717, 1.165) is 26.1 Å². The van der Waals surface area contributed by atoms with Gasteiger partial charge in [0.2, 0.25) is 0 Å². The first-order valence-corrected chi connectivity index (χ1v) is 8.54. The molecular formula is C16H27BrO2. The van der Waals surface area contributed by atoms with Crippen LogP contribution in [0.3, 0.4) is 0 Å². The van der Waals surface area contributed by atoms with E-state index in [1.54, 1.807) is 0 Å². The highest BCUT2D eigenvalue weighted by atomic mass is 79.9. The molecule has 3 heteroatoms. The minimum Gasteiger partial charge on any atom is -0.353 e. The van der Waals surface area contributed by atoms with Crippen molar-refractivity contribution in [3.63, 3.8) is 0 Å². The summed E-state index contributed by atoms with van der Waals surface area (Å²) < 4.78 is 11.2. The van der Waals surface area contributed by atoms with Crippen LogP contribution in [0.15, 0.2) is 0 Å². The van der Waals surface area contributed by atoms with Crippen molar-refractivity contribution in [3.8, 4) is 10.8 Å². The summed E-state index contributed by atoms with van der Waals surface area (Å²) in [4.78, 5) is 2.76. The van der Waals surface area contributed by atoms with Crippen LogP contribution in [0.4, 0.5) is 0 Å². The van der Waals surface area contributed by atoms with Gasteiger partial charge in [-0.2, -0.15) is 0 Å². The molecule has 0 aromatic rings. The second-order valence-corrected chi connectivity index (χ2v) is 5.56. The molecule has 0 aromatic heterocycles. The molecule has 0 bridgehead atoms. The molecule has 1 saturated heterocycles. The minimum absolute atomic E-state index is 0.0873. The number of rotatable bonds is 10. The number of unbranched alkanes of at least 4 members (excludes halogenated alkanes) is 7. The van der Waals surface area contributed by atoms with Gasteiger partial charge in [-0.15, -0.1) is 0 Å². The summed E-state index contributed by atoms with van der Waals surface area (Å²) in [6.45, 7) is 1.75. The summed E-state index contributed by atoms with van der Waals surface area (Å²) in [6, 6.07) is 0. The first-order valence-electron chi connectivity index (χ1n) is 7.75. The van der Waals surface area contributed by atoms with Crippen LogP contribution in [0.25, 0.3) is 0 Å². The molecule has 0 spiro atoms. The molecule has 1 fully saturated rings. The molecule has 0 aliphatic carbocycles. The molecule has 0 N–H and O–H groups in total. The van der Waals surface area contributed by atoms with E-state index in [-0.39, 0.29) is 6.29 Å². The van der Waals surface area contributed by atoms with Crippen molar-refractivity contribution < 1.29 is 9.47 Å². The van der Waals surface area contributed by atoms with Gasteiger partial charge >= 0.3 is 0 Å².